The highest BCUT2D eigenvalue weighted by Gasteiger charge is 2.24. The number of carbonyl (C=O) groups excluding carboxylic acids is 1. The quantitative estimate of drug-likeness (QED) is 0.814. The van der Waals surface area contributed by atoms with Crippen molar-refractivity contribution in [3.8, 4) is 0 Å². The molecule has 1 aliphatic heterocycles. The van der Waals surface area contributed by atoms with Gasteiger partial charge in [0, 0.05) is 33.3 Å². The summed E-state index contributed by atoms with van der Waals surface area (Å²) in [6.45, 7) is 7.23. The number of nitrogens with zero attached hydrogens (tertiary/aromatic N) is 6. The number of hydrogen-bond acceptors (Lipinski definition) is 6. The van der Waals surface area contributed by atoms with Gasteiger partial charge in [-0.1, -0.05) is 5.16 Å². The molecule has 3 heterocycles. The Balaban J connectivity index is 1.47. The number of aromatic nitrogens is 4. The van der Waals surface area contributed by atoms with Gasteiger partial charge >= 0.3 is 0 Å². The zero-order chi connectivity index (χ0) is 18.0. The van der Waals surface area contributed by atoms with E-state index in [1.54, 1.807) is 16.5 Å². The van der Waals surface area contributed by atoms with Crippen LogP contribution in [0.2, 0.25) is 0 Å². The number of carbonyl (C=O) groups is 1. The van der Waals surface area contributed by atoms with E-state index in [1.807, 2.05) is 27.1 Å². The molecular weight excluding hydrogens is 320 g/mol. The summed E-state index contributed by atoms with van der Waals surface area (Å²) in [6, 6.07) is 1.84. The molecule has 0 radical (unpaired) electrons. The van der Waals surface area contributed by atoms with E-state index in [9.17, 15) is 4.79 Å². The molecule has 1 aliphatic rings. The largest absolute Gasteiger partial charge is 0.340 e. The van der Waals surface area contributed by atoms with Crippen molar-refractivity contribution in [1.29, 1.82) is 0 Å². The molecule has 25 heavy (non-hydrogen) atoms. The molecular formula is C17H26N6O2. The van der Waals surface area contributed by atoms with Gasteiger partial charge in [-0.25, -0.2) is 0 Å². The van der Waals surface area contributed by atoms with Gasteiger partial charge < -0.3 is 9.42 Å². The SMILES string of the molecule is Cc1nc(CN2CCC(CN(C)C(=O)c3cc(C)n(C)n3)CC2)no1. The zero-order valence-corrected chi connectivity index (χ0v) is 15.4. The van der Waals surface area contributed by atoms with Gasteiger partial charge in [-0.15, -0.1) is 0 Å². The molecule has 1 amide bonds. The van der Waals surface area contributed by atoms with Crippen molar-refractivity contribution >= 4 is 5.91 Å². The zero-order valence-electron chi connectivity index (χ0n) is 15.4. The fourth-order valence-electron chi connectivity index (χ4n) is 3.26. The van der Waals surface area contributed by atoms with Crippen LogP contribution in [-0.2, 0) is 13.6 Å². The minimum Gasteiger partial charge on any atom is -0.340 e. The lowest BCUT2D eigenvalue weighted by atomic mass is 9.96. The van der Waals surface area contributed by atoms with Crippen LogP contribution in [0.1, 0.15) is 40.7 Å². The summed E-state index contributed by atoms with van der Waals surface area (Å²) in [4.78, 5) is 20.9. The molecule has 3 rings (SSSR count). The third-order valence-electron chi connectivity index (χ3n) is 4.85. The molecule has 1 fully saturated rings. The molecule has 0 spiro atoms. The molecule has 0 bridgehead atoms. The van der Waals surface area contributed by atoms with Crippen LogP contribution in [0.25, 0.3) is 0 Å². The van der Waals surface area contributed by atoms with Crippen molar-refractivity contribution < 1.29 is 9.32 Å². The Morgan fingerprint density at radius 2 is 2.08 bits per heavy atom. The lowest BCUT2D eigenvalue weighted by Crippen LogP contribution is -2.39. The van der Waals surface area contributed by atoms with Crippen LogP contribution in [0.5, 0.6) is 0 Å². The van der Waals surface area contributed by atoms with Crippen molar-refractivity contribution in [2.45, 2.75) is 33.2 Å². The third kappa shape index (κ3) is 4.25. The predicted molar refractivity (Wildman–Crippen MR) is 91.9 cm³/mol. The van der Waals surface area contributed by atoms with Crippen LogP contribution in [0.3, 0.4) is 0 Å². The Labute approximate surface area is 147 Å². The highest BCUT2D eigenvalue weighted by Crippen LogP contribution is 2.20. The Kier molecular flexibility index (Phi) is 5.17. The van der Waals surface area contributed by atoms with E-state index in [0.717, 1.165) is 50.5 Å². The Morgan fingerprint density at radius 3 is 2.64 bits per heavy atom. The normalized spacial score (nSPS) is 16.3. The highest BCUT2D eigenvalue weighted by atomic mass is 16.5. The number of piperidine rings is 1. The molecule has 0 saturated carbocycles. The lowest BCUT2D eigenvalue weighted by molar-refractivity contribution is 0.0730. The van der Waals surface area contributed by atoms with Crippen molar-refractivity contribution in [3.63, 3.8) is 0 Å². The maximum absolute atomic E-state index is 12.5. The minimum absolute atomic E-state index is 0.00611. The maximum atomic E-state index is 12.5. The van der Waals surface area contributed by atoms with Crippen molar-refractivity contribution in [2.75, 3.05) is 26.7 Å². The Morgan fingerprint density at radius 1 is 1.36 bits per heavy atom. The van der Waals surface area contributed by atoms with Crippen LogP contribution < -0.4 is 0 Å². The van der Waals surface area contributed by atoms with Crippen molar-refractivity contribution in [1.82, 2.24) is 29.7 Å². The van der Waals surface area contributed by atoms with E-state index >= 15 is 0 Å². The van der Waals surface area contributed by atoms with Gasteiger partial charge in [-0.05, 0) is 44.8 Å². The highest BCUT2D eigenvalue weighted by molar-refractivity contribution is 5.92. The maximum Gasteiger partial charge on any atom is 0.274 e. The van der Waals surface area contributed by atoms with Crippen molar-refractivity contribution in [3.05, 3.63) is 29.2 Å². The molecule has 0 aromatic carbocycles. The van der Waals surface area contributed by atoms with Crippen LogP contribution in [0.4, 0.5) is 0 Å². The van der Waals surface area contributed by atoms with Crippen molar-refractivity contribution in [2.24, 2.45) is 13.0 Å². The summed E-state index contributed by atoms with van der Waals surface area (Å²) < 4.78 is 6.75. The molecule has 0 unspecified atom stereocenters. The number of likely N-dealkylation sites (tertiary alicyclic amines) is 1. The first kappa shape index (κ1) is 17.6. The second-order valence-corrected chi connectivity index (χ2v) is 6.93. The topological polar surface area (TPSA) is 80.3 Å². The van der Waals surface area contributed by atoms with Crippen LogP contribution >= 0.6 is 0 Å². The fraction of sp³-hybridized carbons (Fsp3) is 0.647. The Bertz CT molecular complexity index is 710. The van der Waals surface area contributed by atoms with Crippen LogP contribution in [0.15, 0.2) is 10.6 Å². The number of hydrogen-bond donors (Lipinski definition) is 0. The van der Waals surface area contributed by atoms with Gasteiger partial charge in [0.05, 0.1) is 6.54 Å². The first-order chi connectivity index (χ1) is 11.9. The first-order valence-electron chi connectivity index (χ1n) is 8.70. The molecule has 0 aliphatic carbocycles. The molecule has 8 heteroatoms. The molecule has 0 atom stereocenters. The Hall–Kier alpha value is -2.22. The molecule has 1 saturated heterocycles. The standard InChI is InChI=1S/C17H26N6O2/c1-12-9-15(19-22(12)4)17(24)21(3)10-14-5-7-23(8-6-14)11-16-18-13(2)25-20-16/h9,14H,5-8,10-11H2,1-4H3. The van der Waals surface area contributed by atoms with E-state index in [-0.39, 0.29) is 5.91 Å². The molecule has 136 valence electrons. The molecule has 2 aromatic rings. The number of amides is 1. The smallest absolute Gasteiger partial charge is 0.274 e. The van der Waals surface area contributed by atoms with E-state index in [4.69, 9.17) is 4.52 Å². The fourth-order valence-corrected chi connectivity index (χ4v) is 3.26. The summed E-state index contributed by atoms with van der Waals surface area (Å²) in [6.07, 6.45) is 2.13. The average Bonchev–Trinajstić information content (AvgIpc) is 3.14. The third-order valence-corrected chi connectivity index (χ3v) is 4.85. The van der Waals surface area contributed by atoms with Gasteiger partial charge in [-0.2, -0.15) is 10.1 Å². The molecule has 0 N–H and O–H groups in total. The van der Waals surface area contributed by atoms with E-state index in [1.165, 1.54) is 0 Å². The van der Waals surface area contributed by atoms with E-state index < -0.39 is 0 Å². The van der Waals surface area contributed by atoms with Gasteiger partial charge in [0.25, 0.3) is 5.91 Å². The molecule has 2 aromatic heterocycles. The number of rotatable bonds is 5. The summed E-state index contributed by atoms with van der Waals surface area (Å²) in [5.41, 5.74) is 1.51. The monoisotopic (exact) mass is 346 g/mol. The van der Waals surface area contributed by atoms with Gasteiger partial charge in [0.1, 0.15) is 0 Å². The molecule has 8 nitrogen and oxygen atoms in total. The summed E-state index contributed by atoms with van der Waals surface area (Å²) in [5, 5.41) is 8.23. The van der Waals surface area contributed by atoms with Crippen LogP contribution in [0, 0.1) is 19.8 Å². The van der Waals surface area contributed by atoms with Gasteiger partial charge in [-0.3, -0.25) is 14.4 Å². The minimum atomic E-state index is -0.00611. The first-order valence-corrected chi connectivity index (χ1v) is 8.70. The summed E-state index contributed by atoms with van der Waals surface area (Å²) in [7, 11) is 3.72. The second kappa shape index (κ2) is 7.35. The predicted octanol–water partition coefficient (Wildman–Crippen LogP) is 1.40. The van der Waals surface area contributed by atoms with Gasteiger partial charge in [0.15, 0.2) is 11.5 Å². The van der Waals surface area contributed by atoms with Gasteiger partial charge in [0.2, 0.25) is 5.89 Å². The summed E-state index contributed by atoms with van der Waals surface area (Å²) >= 11 is 0. The van der Waals surface area contributed by atoms with Crippen LogP contribution in [-0.4, -0.2) is 62.3 Å². The average molecular weight is 346 g/mol. The second-order valence-electron chi connectivity index (χ2n) is 6.93. The number of aryl methyl sites for hydroxylation is 3. The summed E-state index contributed by atoms with van der Waals surface area (Å²) in [5.74, 6) is 1.86. The lowest BCUT2D eigenvalue weighted by Gasteiger charge is -2.33. The van der Waals surface area contributed by atoms with E-state index in [2.05, 4.69) is 20.1 Å². The van der Waals surface area contributed by atoms with E-state index in [0.29, 0.717) is 17.5 Å².